The molecule has 0 saturated heterocycles. The fraction of sp³-hybridized carbons (Fsp3) is 0.600. The zero-order valence-corrected chi connectivity index (χ0v) is 10.9. The Morgan fingerprint density at radius 3 is 2.69 bits per heavy atom. The van der Waals surface area contributed by atoms with Crippen LogP contribution in [0.15, 0.2) is 16.5 Å². The van der Waals surface area contributed by atoms with Crippen LogP contribution in [-0.2, 0) is 16.4 Å². The van der Waals surface area contributed by atoms with Gasteiger partial charge in [-0.15, -0.1) is 0 Å². The van der Waals surface area contributed by atoms with Gasteiger partial charge in [0.15, 0.2) is 5.22 Å². The average molecular weight is 266 g/mol. The van der Waals surface area contributed by atoms with Crippen LogP contribution in [-0.4, -0.2) is 26.5 Å². The van der Waals surface area contributed by atoms with Gasteiger partial charge in [0.25, 0.3) is 0 Å². The van der Waals surface area contributed by atoms with Crippen molar-refractivity contribution < 1.29 is 12.8 Å². The summed E-state index contributed by atoms with van der Waals surface area (Å²) in [6.07, 6.45) is 1.83. The first-order valence-electron chi connectivity index (χ1n) is 5.02. The maximum Gasteiger partial charge on any atom is 0.193 e. The van der Waals surface area contributed by atoms with E-state index in [1.165, 1.54) is 6.26 Å². The largest absolute Gasteiger partial charge is 0.448 e. The predicted octanol–water partition coefficient (Wildman–Crippen LogP) is 1.85. The molecular formula is C10H16ClNO3S. The summed E-state index contributed by atoms with van der Waals surface area (Å²) >= 11 is 5.62. The fourth-order valence-electron chi connectivity index (χ4n) is 1.21. The second-order valence-corrected chi connectivity index (χ2v) is 6.54. The summed E-state index contributed by atoms with van der Waals surface area (Å²) in [5.41, 5.74) is 0. The molecule has 0 amide bonds. The van der Waals surface area contributed by atoms with Crippen LogP contribution in [0.25, 0.3) is 0 Å². The Bertz CT molecular complexity index is 427. The summed E-state index contributed by atoms with van der Waals surface area (Å²) in [7, 11) is -2.88. The molecule has 0 saturated carbocycles. The Morgan fingerprint density at radius 2 is 2.19 bits per heavy atom. The number of sulfone groups is 1. The highest BCUT2D eigenvalue weighted by Gasteiger charge is 2.08. The second-order valence-electron chi connectivity index (χ2n) is 3.91. The van der Waals surface area contributed by atoms with Crippen LogP contribution in [0, 0.1) is 0 Å². The number of hydrogen-bond donors (Lipinski definition) is 1. The topological polar surface area (TPSA) is 59.3 Å². The SMILES string of the molecule is CC(CCS(C)(=O)=O)NCc1ccc(Cl)o1. The van der Waals surface area contributed by atoms with Gasteiger partial charge in [0.2, 0.25) is 0 Å². The lowest BCUT2D eigenvalue weighted by molar-refractivity contribution is 0.451. The lowest BCUT2D eigenvalue weighted by Gasteiger charge is -2.11. The Morgan fingerprint density at radius 1 is 1.50 bits per heavy atom. The molecule has 0 radical (unpaired) electrons. The van der Waals surface area contributed by atoms with E-state index in [1.807, 2.05) is 6.92 Å². The van der Waals surface area contributed by atoms with Crippen molar-refractivity contribution in [3.63, 3.8) is 0 Å². The van der Waals surface area contributed by atoms with Crippen molar-refractivity contribution in [1.29, 1.82) is 0 Å². The van der Waals surface area contributed by atoms with Crippen LogP contribution in [0.1, 0.15) is 19.1 Å². The van der Waals surface area contributed by atoms with E-state index in [1.54, 1.807) is 12.1 Å². The number of furan rings is 1. The monoisotopic (exact) mass is 265 g/mol. The van der Waals surface area contributed by atoms with Crippen molar-refractivity contribution in [2.24, 2.45) is 0 Å². The summed E-state index contributed by atoms with van der Waals surface area (Å²) in [5.74, 6) is 0.941. The summed E-state index contributed by atoms with van der Waals surface area (Å²) < 4.78 is 27.1. The highest BCUT2D eigenvalue weighted by atomic mass is 35.5. The summed E-state index contributed by atoms with van der Waals surface area (Å²) in [4.78, 5) is 0. The van der Waals surface area contributed by atoms with Crippen molar-refractivity contribution in [3.05, 3.63) is 23.1 Å². The molecule has 0 spiro atoms. The first kappa shape index (κ1) is 13.5. The minimum atomic E-state index is -2.88. The van der Waals surface area contributed by atoms with E-state index in [9.17, 15) is 8.42 Å². The van der Waals surface area contributed by atoms with Crippen molar-refractivity contribution in [3.8, 4) is 0 Å². The first-order valence-corrected chi connectivity index (χ1v) is 7.46. The van der Waals surface area contributed by atoms with E-state index in [2.05, 4.69) is 5.32 Å². The molecule has 1 aromatic heterocycles. The van der Waals surface area contributed by atoms with Crippen molar-refractivity contribution in [2.45, 2.75) is 25.9 Å². The predicted molar refractivity (Wildman–Crippen MR) is 64.3 cm³/mol. The quantitative estimate of drug-likeness (QED) is 0.853. The van der Waals surface area contributed by atoms with Gasteiger partial charge in [-0.3, -0.25) is 0 Å². The van der Waals surface area contributed by atoms with Crippen LogP contribution >= 0.6 is 11.6 Å². The summed E-state index contributed by atoms with van der Waals surface area (Å²) in [5, 5.41) is 3.53. The van der Waals surface area contributed by atoms with Gasteiger partial charge < -0.3 is 9.73 Å². The van der Waals surface area contributed by atoms with Crippen LogP contribution in [0.5, 0.6) is 0 Å². The summed E-state index contributed by atoms with van der Waals surface area (Å²) in [6, 6.07) is 3.59. The Labute approximate surface area is 101 Å². The molecule has 0 aliphatic carbocycles. The maximum absolute atomic E-state index is 10.9. The maximum atomic E-state index is 10.9. The molecule has 0 fully saturated rings. The molecule has 16 heavy (non-hydrogen) atoms. The van der Waals surface area contributed by atoms with Crippen LogP contribution in [0.2, 0.25) is 5.22 Å². The van der Waals surface area contributed by atoms with Crippen LogP contribution in [0.3, 0.4) is 0 Å². The molecular weight excluding hydrogens is 250 g/mol. The molecule has 0 bridgehead atoms. The summed E-state index contributed by atoms with van der Waals surface area (Å²) in [6.45, 7) is 2.49. The van der Waals surface area contributed by atoms with Gasteiger partial charge in [0, 0.05) is 12.3 Å². The van der Waals surface area contributed by atoms with E-state index in [-0.39, 0.29) is 11.8 Å². The zero-order valence-electron chi connectivity index (χ0n) is 9.36. The normalized spacial score (nSPS) is 13.9. The van der Waals surface area contributed by atoms with Gasteiger partial charge >= 0.3 is 0 Å². The minimum Gasteiger partial charge on any atom is -0.448 e. The highest BCUT2D eigenvalue weighted by Crippen LogP contribution is 2.12. The molecule has 1 atom stereocenters. The van der Waals surface area contributed by atoms with Gasteiger partial charge in [0.05, 0.1) is 12.3 Å². The van der Waals surface area contributed by atoms with E-state index >= 15 is 0 Å². The van der Waals surface area contributed by atoms with E-state index in [0.29, 0.717) is 18.2 Å². The van der Waals surface area contributed by atoms with Crippen molar-refractivity contribution in [1.82, 2.24) is 5.32 Å². The third-order valence-electron chi connectivity index (χ3n) is 2.18. The average Bonchev–Trinajstić information content (AvgIpc) is 2.57. The van der Waals surface area contributed by atoms with E-state index < -0.39 is 9.84 Å². The Balaban J connectivity index is 2.28. The van der Waals surface area contributed by atoms with Crippen molar-refractivity contribution in [2.75, 3.05) is 12.0 Å². The van der Waals surface area contributed by atoms with E-state index in [4.69, 9.17) is 16.0 Å². The molecule has 4 nitrogen and oxygen atoms in total. The fourth-order valence-corrected chi connectivity index (χ4v) is 2.16. The van der Waals surface area contributed by atoms with Gasteiger partial charge in [0.1, 0.15) is 15.6 Å². The molecule has 6 heteroatoms. The molecule has 1 aromatic rings. The lowest BCUT2D eigenvalue weighted by Crippen LogP contribution is -2.27. The first-order chi connectivity index (χ1) is 7.37. The molecule has 0 aromatic carbocycles. The molecule has 0 aliphatic rings. The van der Waals surface area contributed by atoms with Gasteiger partial charge in [-0.25, -0.2) is 8.42 Å². The van der Waals surface area contributed by atoms with Gasteiger partial charge in [-0.1, -0.05) is 0 Å². The Hall–Kier alpha value is -0.520. The zero-order chi connectivity index (χ0) is 12.2. The molecule has 0 aliphatic heterocycles. The third kappa shape index (κ3) is 5.53. The van der Waals surface area contributed by atoms with Gasteiger partial charge in [-0.05, 0) is 37.1 Å². The van der Waals surface area contributed by atoms with Gasteiger partial charge in [-0.2, -0.15) is 0 Å². The molecule has 1 rings (SSSR count). The molecule has 92 valence electrons. The standard InChI is InChI=1S/C10H16ClNO3S/c1-8(5-6-16(2,13)14)12-7-9-3-4-10(11)15-9/h3-4,8,12H,5-7H2,1-2H3. The highest BCUT2D eigenvalue weighted by molar-refractivity contribution is 7.90. The third-order valence-corrected chi connectivity index (χ3v) is 3.36. The van der Waals surface area contributed by atoms with Crippen LogP contribution in [0.4, 0.5) is 0 Å². The number of hydrogen-bond acceptors (Lipinski definition) is 4. The molecule has 1 N–H and O–H groups in total. The lowest BCUT2D eigenvalue weighted by atomic mass is 10.2. The smallest absolute Gasteiger partial charge is 0.193 e. The van der Waals surface area contributed by atoms with E-state index in [0.717, 1.165) is 5.76 Å². The number of nitrogens with one attached hydrogen (secondary N) is 1. The molecule has 1 heterocycles. The number of rotatable bonds is 6. The minimum absolute atomic E-state index is 0.124. The Kier molecular flexibility index (Phi) is 4.83. The van der Waals surface area contributed by atoms with Crippen molar-refractivity contribution >= 4 is 21.4 Å². The molecule has 1 unspecified atom stereocenters. The second kappa shape index (κ2) is 5.70. The number of halogens is 1. The van der Waals surface area contributed by atoms with Crippen LogP contribution < -0.4 is 5.32 Å².